The van der Waals surface area contributed by atoms with Crippen LogP contribution >= 0.6 is 0 Å². The van der Waals surface area contributed by atoms with E-state index in [9.17, 15) is 15.3 Å². The van der Waals surface area contributed by atoms with Crippen molar-refractivity contribution < 1.29 is 20.4 Å². The minimum Gasteiger partial charge on any atom is -0.508 e. The van der Waals surface area contributed by atoms with E-state index in [1.165, 1.54) is 18.2 Å². The summed E-state index contributed by atoms with van der Waals surface area (Å²) in [7, 11) is 0. The Balaban J connectivity index is 2.63. The van der Waals surface area contributed by atoms with Crippen LogP contribution in [-0.4, -0.2) is 33.6 Å². The minimum absolute atomic E-state index is 0.0361. The number of aliphatic hydroxyl groups excluding tert-OH is 2. The molecule has 4 heteroatoms. The van der Waals surface area contributed by atoms with Gasteiger partial charge in [0, 0.05) is 5.56 Å². The van der Waals surface area contributed by atoms with Crippen LogP contribution in [0.25, 0.3) is 0 Å². The fraction of sp³-hybridized carbons (Fsp3) is 0.375. The monoisotopic (exact) mass is 278 g/mol. The summed E-state index contributed by atoms with van der Waals surface area (Å²) in [5.41, 5.74) is 2.40. The molecule has 0 spiro atoms. The molecule has 0 atom stereocenters. The van der Waals surface area contributed by atoms with E-state index in [2.05, 4.69) is 0 Å². The number of hydrogen-bond acceptors (Lipinski definition) is 4. The van der Waals surface area contributed by atoms with Gasteiger partial charge in [0.1, 0.15) is 11.5 Å². The van der Waals surface area contributed by atoms with E-state index >= 15 is 0 Å². The number of hydrogen-bond donors (Lipinski definition) is 4. The lowest BCUT2D eigenvalue weighted by molar-refractivity contribution is 0.325. The number of phenols is 2. The lowest BCUT2D eigenvalue weighted by Gasteiger charge is -2.05. The first kappa shape index (κ1) is 16.3. The second kappa shape index (κ2) is 8.40. The van der Waals surface area contributed by atoms with Gasteiger partial charge in [-0.15, -0.1) is 0 Å². The normalized spacial score (nSPS) is 12.8. The molecule has 0 aliphatic carbocycles. The van der Waals surface area contributed by atoms with Gasteiger partial charge in [-0.05, 0) is 50.0 Å². The molecule has 0 aliphatic rings. The van der Waals surface area contributed by atoms with Gasteiger partial charge in [-0.2, -0.15) is 0 Å². The zero-order valence-electron chi connectivity index (χ0n) is 11.7. The molecule has 0 fully saturated rings. The van der Waals surface area contributed by atoms with Crippen LogP contribution in [0.1, 0.15) is 25.3 Å². The van der Waals surface area contributed by atoms with Gasteiger partial charge in [-0.3, -0.25) is 0 Å². The molecular weight excluding hydrogens is 256 g/mol. The third-order valence-corrected chi connectivity index (χ3v) is 3.08. The van der Waals surface area contributed by atoms with E-state index < -0.39 is 0 Å². The zero-order valence-corrected chi connectivity index (χ0v) is 11.7. The Morgan fingerprint density at radius 1 is 1.10 bits per heavy atom. The van der Waals surface area contributed by atoms with E-state index in [4.69, 9.17) is 5.11 Å². The highest BCUT2D eigenvalue weighted by Gasteiger charge is 2.02. The van der Waals surface area contributed by atoms with Crippen LogP contribution in [0.15, 0.2) is 41.5 Å². The van der Waals surface area contributed by atoms with E-state index in [1.54, 1.807) is 0 Å². The summed E-state index contributed by atoms with van der Waals surface area (Å²) in [6.45, 7) is 1.87. The summed E-state index contributed by atoms with van der Waals surface area (Å²) in [6, 6.07) is 4.39. The Morgan fingerprint density at radius 2 is 1.85 bits per heavy atom. The van der Waals surface area contributed by atoms with Crippen molar-refractivity contribution in [2.24, 2.45) is 0 Å². The van der Waals surface area contributed by atoms with Gasteiger partial charge in [0.25, 0.3) is 0 Å². The second-order valence-electron chi connectivity index (χ2n) is 4.78. The lowest BCUT2D eigenvalue weighted by Crippen LogP contribution is -1.93. The summed E-state index contributed by atoms with van der Waals surface area (Å²) in [6.07, 6.45) is 5.71. The van der Waals surface area contributed by atoms with Crippen molar-refractivity contribution in [1.82, 2.24) is 0 Å². The molecule has 0 heterocycles. The Bertz CT molecular complexity index is 489. The Morgan fingerprint density at radius 3 is 2.50 bits per heavy atom. The molecule has 0 saturated carbocycles. The van der Waals surface area contributed by atoms with Gasteiger partial charge >= 0.3 is 0 Å². The number of aliphatic hydroxyl groups is 2. The summed E-state index contributed by atoms with van der Waals surface area (Å²) in [5.74, 6) is 0.241. The molecule has 110 valence electrons. The average Bonchev–Trinajstić information content (AvgIpc) is 2.45. The fourth-order valence-corrected chi connectivity index (χ4v) is 1.80. The molecule has 1 aromatic carbocycles. The molecule has 1 aromatic rings. The number of rotatable bonds is 7. The SMILES string of the molecule is CC(=CCCC(=CCc1cc(O)ccc1O)CO)CO. The second-order valence-corrected chi connectivity index (χ2v) is 4.78. The Hall–Kier alpha value is -1.78. The van der Waals surface area contributed by atoms with Crippen LogP contribution < -0.4 is 0 Å². The first-order chi connectivity index (χ1) is 9.56. The van der Waals surface area contributed by atoms with E-state index in [1.807, 2.05) is 19.1 Å². The number of allylic oxidation sites excluding steroid dienone is 2. The highest BCUT2D eigenvalue weighted by atomic mass is 16.3. The minimum atomic E-state index is -0.0361. The maximum Gasteiger partial charge on any atom is 0.119 e. The number of phenolic OH excluding ortho intramolecular Hbond substituents is 2. The highest BCUT2D eigenvalue weighted by Crippen LogP contribution is 2.23. The quantitative estimate of drug-likeness (QED) is 0.455. The van der Waals surface area contributed by atoms with Gasteiger partial charge < -0.3 is 20.4 Å². The topological polar surface area (TPSA) is 80.9 Å². The van der Waals surface area contributed by atoms with Crippen molar-refractivity contribution in [3.05, 3.63) is 47.1 Å². The van der Waals surface area contributed by atoms with Gasteiger partial charge in [0.2, 0.25) is 0 Å². The van der Waals surface area contributed by atoms with Crippen LogP contribution in [0.2, 0.25) is 0 Å². The fourth-order valence-electron chi connectivity index (χ4n) is 1.80. The average molecular weight is 278 g/mol. The molecule has 0 saturated heterocycles. The van der Waals surface area contributed by atoms with Crippen molar-refractivity contribution in [2.45, 2.75) is 26.2 Å². The number of aromatic hydroxyl groups is 2. The molecule has 0 amide bonds. The Labute approximate surface area is 119 Å². The summed E-state index contributed by atoms with van der Waals surface area (Å²) < 4.78 is 0. The largest absolute Gasteiger partial charge is 0.508 e. The van der Waals surface area contributed by atoms with Crippen LogP contribution in [-0.2, 0) is 6.42 Å². The molecule has 0 unspecified atom stereocenters. The smallest absolute Gasteiger partial charge is 0.119 e. The molecule has 0 aromatic heterocycles. The number of benzene rings is 1. The predicted molar refractivity (Wildman–Crippen MR) is 78.7 cm³/mol. The van der Waals surface area contributed by atoms with Crippen molar-refractivity contribution in [2.75, 3.05) is 13.2 Å². The third kappa shape index (κ3) is 5.47. The van der Waals surface area contributed by atoms with E-state index in [0.717, 1.165) is 17.6 Å². The van der Waals surface area contributed by atoms with Crippen LogP contribution in [0, 0.1) is 0 Å². The lowest BCUT2D eigenvalue weighted by atomic mass is 10.0. The zero-order chi connectivity index (χ0) is 15.0. The van der Waals surface area contributed by atoms with E-state index in [-0.39, 0.29) is 24.7 Å². The van der Waals surface area contributed by atoms with Crippen molar-refractivity contribution in [1.29, 1.82) is 0 Å². The van der Waals surface area contributed by atoms with Crippen molar-refractivity contribution in [3.63, 3.8) is 0 Å². The molecule has 0 aliphatic heterocycles. The molecular formula is C16H22O4. The molecule has 0 radical (unpaired) electrons. The van der Waals surface area contributed by atoms with Crippen LogP contribution in [0.4, 0.5) is 0 Å². The van der Waals surface area contributed by atoms with Gasteiger partial charge in [0.15, 0.2) is 0 Å². The maximum atomic E-state index is 9.66. The maximum absolute atomic E-state index is 9.66. The summed E-state index contributed by atoms with van der Waals surface area (Å²) in [4.78, 5) is 0. The summed E-state index contributed by atoms with van der Waals surface area (Å²) in [5, 5.41) is 37.2. The van der Waals surface area contributed by atoms with Crippen LogP contribution in [0.3, 0.4) is 0 Å². The van der Waals surface area contributed by atoms with Crippen molar-refractivity contribution in [3.8, 4) is 11.5 Å². The van der Waals surface area contributed by atoms with Gasteiger partial charge in [-0.1, -0.05) is 17.7 Å². The molecule has 20 heavy (non-hydrogen) atoms. The van der Waals surface area contributed by atoms with Crippen LogP contribution in [0.5, 0.6) is 11.5 Å². The first-order valence-electron chi connectivity index (χ1n) is 6.63. The molecule has 1 rings (SSSR count). The molecule has 0 bridgehead atoms. The first-order valence-corrected chi connectivity index (χ1v) is 6.63. The van der Waals surface area contributed by atoms with E-state index in [0.29, 0.717) is 18.4 Å². The van der Waals surface area contributed by atoms with Gasteiger partial charge in [-0.25, -0.2) is 0 Å². The highest BCUT2D eigenvalue weighted by molar-refractivity contribution is 5.40. The predicted octanol–water partition coefficient (Wildman–Crippen LogP) is 2.28. The molecule has 4 nitrogen and oxygen atoms in total. The van der Waals surface area contributed by atoms with Crippen molar-refractivity contribution >= 4 is 0 Å². The Kier molecular flexibility index (Phi) is 6.84. The standard InChI is InChI=1S/C16H22O4/c1-12(10-17)3-2-4-13(11-18)5-6-14-9-15(19)7-8-16(14)20/h3,5,7-9,17-20H,2,4,6,10-11H2,1H3. The molecule has 4 N–H and O–H groups in total. The summed E-state index contributed by atoms with van der Waals surface area (Å²) >= 11 is 0. The third-order valence-electron chi connectivity index (χ3n) is 3.08. The van der Waals surface area contributed by atoms with Gasteiger partial charge in [0.05, 0.1) is 13.2 Å².